The van der Waals surface area contributed by atoms with Gasteiger partial charge >= 0.3 is 0 Å². The Hall–Kier alpha value is -1.56. The molecule has 1 unspecified atom stereocenters. The highest BCUT2D eigenvalue weighted by Crippen LogP contribution is 2.25. The van der Waals surface area contributed by atoms with Crippen molar-refractivity contribution in [3.63, 3.8) is 0 Å². The lowest BCUT2D eigenvalue weighted by Crippen LogP contribution is -2.01. The zero-order valence-corrected chi connectivity index (χ0v) is 9.79. The van der Waals surface area contributed by atoms with Gasteiger partial charge in [0.2, 0.25) is 0 Å². The monoisotopic (exact) mass is 200 g/mol. The van der Waals surface area contributed by atoms with E-state index >= 15 is 0 Å². The molecule has 0 radical (unpaired) electrons. The standard InChI is InChI=1S/C15H20/c1-7-10-12(4)13(5)14(6)15(9-3)11-8-2/h7-11,13H,1-3,6H2,4-5H3/b12-10-,15-11-. The van der Waals surface area contributed by atoms with Crippen molar-refractivity contribution in [2.24, 2.45) is 5.92 Å². The third-order valence-corrected chi connectivity index (χ3v) is 2.47. The molecule has 0 N–H and O–H groups in total. The number of rotatable bonds is 6. The quantitative estimate of drug-likeness (QED) is 0.549. The maximum atomic E-state index is 4.09. The first-order valence-electron chi connectivity index (χ1n) is 5.02. The first-order valence-corrected chi connectivity index (χ1v) is 5.02. The van der Waals surface area contributed by atoms with Crippen molar-refractivity contribution in [1.82, 2.24) is 0 Å². The molecular weight excluding hydrogens is 180 g/mol. The van der Waals surface area contributed by atoms with E-state index in [-0.39, 0.29) is 0 Å². The third-order valence-electron chi connectivity index (χ3n) is 2.47. The van der Waals surface area contributed by atoms with Crippen LogP contribution in [-0.4, -0.2) is 0 Å². The van der Waals surface area contributed by atoms with Gasteiger partial charge in [0, 0.05) is 5.92 Å². The molecule has 0 saturated carbocycles. The topological polar surface area (TPSA) is 0 Å². The van der Waals surface area contributed by atoms with Gasteiger partial charge in [0.25, 0.3) is 0 Å². The Labute approximate surface area is 93.7 Å². The van der Waals surface area contributed by atoms with Gasteiger partial charge in [-0.3, -0.25) is 0 Å². The Kier molecular flexibility index (Phi) is 6.12. The predicted molar refractivity (Wildman–Crippen MR) is 70.7 cm³/mol. The second kappa shape index (κ2) is 6.83. The molecule has 0 aromatic carbocycles. The van der Waals surface area contributed by atoms with Crippen LogP contribution in [0.3, 0.4) is 0 Å². The van der Waals surface area contributed by atoms with Crippen LogP contribution in [0.5, 0.6) is 0 Å². The molecule has 0 aliphatic carbocycles. The van der Waals surface area contributed by atoms with Crippen LogP contribution in [-0.2, 0) is 0 Å². The number of hydrogen-bond acceptors (Lipinski definition) is 0. The molecule has 1 atom stereocenters. The molecule has 0 aliphatic rings. The average Bonchev–Trinajstić information content (AvgIpc) is 2.24. The fourth-order valence-corrected chi connectivity index (χ4v) is 1.29. The van der Waals surface area contributed by atoms with E-state index < -0.39 is 0 Å². The third kappa shape index (κ3) is 3.99. The van der Waals surface area contributed by atoms with Gasteiger partial charge in [0.15, 0.2) is 0 Å². The molecule has 0 aromatic heterocycles. The normalized spacial score (nSPS) is 14.3. The van der Waals surface area contributed by atoms with E-state index in [0.717, 1.165) is 11.1 Å². The highest BCUT2D eigenvalue weighted by atomic mass is 14.1. The molecule has 0 heterocycles. The smallest absolute Gasteiger partial charge is 0.00202 e. The molecule has 15 heavy (non-hydrogen) atoms. The summed E-state index contributed by atoms with van der Waals surface area (Å²) in [6.07, 6.45) is 9.28. The van der Waals surface area contributed by atoms with Crippen molar-refractivity contribution in [3.05, 3.63) is 73.4 Å². The summed E-state index contributed by atoms with van der Waals surface area (Å²) in [5, 5.41) is 0. The van der Waals surface area contributed by atoms with Crippen LogP contribution >= 0.6 is 0 Å². The van der Waals surface area contributed by atoms with Gasteiger partial charge in [0.1, 0.15) is 0 Å². The summed E-state index contributed by atoms with van der Waals surface area (Å²) in [5.74, 6) is 0.298. The number of allylic oxidation sites excluding steroid dienone is 8. The molecule has 0 nitrogen and oxygen atoms in total. The van der Waals surface area contributed by atoms with Crippen molar-refractivity contribution in [2.45, 2.75) is 13.8 Å². The summed E-state index contributed by atoms with van der Waals surface area (Å²) < 4.78 is 0. The summed E-state index contributed by atoms with van der Waals surface area (Å²) in [6, 6.07) is 0. The minimum absolute atomic E-state index is 0.298. The van der Waals surface area contributed by atoms with E-state index in [9.17, 15) is 0 Å². The fourth-order valence-electron chi connectivity index (χ4n) is 1.29. The van der Waals surface area contributed by atoms with Crippen molar-refractivity contribution < 1.29 is 0 Å². The Morgan fingerprint density at radius 2 is 1.60 bits per heavy atom. The molecule has 0 saturated heterocycles. The Balaban J connectivity index is 4.92. The van der Waals surface area contributed by atoms with Gasteiger partial charge in [-0.15, -0.1) is 0 Å². The van der Waals surface area contributed by atoms with E-state index in [1.165, 1.54) is 5.57 Å². The largest absolute Gasteiger partial charge is 0.0991 e. The van der Waals surface area contributed by atoms with Crippen LogP contribution in [0.15, 0.2) is 73.4 Å². The summed E-state index contributed by atoms with van der Waals surface area (Å²) in [4.78, 5) is 0. The van der Waals surface area contributed by atoms with Crippen LogP contribution in [0.4, 0.5) is 0 Å². The summed E-state index contributed by atoms with van der Waals surface area (Å²) >= 11 is 0. The van der Waals surface area contributed by atoms with E-state index in [4.69, 9.17) is 0 Å². The Bertz CT molecular complexity index is 324. The predicted octanol–water partition coefficient (Wildman–Crippen LogP) is 4.61. The minimum atomic E-state index is 0.298. The highest BCUT2D eigenvalue weighted by Gasteiger charge is 2.09. The number of hydrogen-bond donors (Lipinski definition) is 0. The van der Waals surface area contributed by atoms with Gasteiger partial charge in [-0.05, 0) is 18.1 Å². The molecular formula is C15H20. The van der Waals surface area contributed by atoms with Crippen LogP contribution in [0.1, 0.15) is 13.8 Å². The van der Waals surface area contributed by atoms with Crippen LogP contribution in [0, 0.1) is 5.92 Å². The minimum Gasteiger partial charge on any atom is -0.0991 e. The molecule has 0 fully saturated rings. The molecule has 0 rings (SSSR count). The second-order valence-corrected chi connectivity index (χ2v) is 3.46. The lowest BCUT2D eigenvalue weighted by Gasteiger charge is -2.16. The van der Waals surface area contributed by atoms with E-state index in [1.807, 2.05) is 18.2 Å². The van der Waals surface area contributed by atoms with E-state index in [0.29, 0.717) is 5.92 Å². The van der Waals surface area contributed by atoms with Crippen molar-refractivity contribution >= 4 is 0 Å². The molecule has 0 aromatic rings. The van der Waals surface area contributed by atoms with Crippen molar-refractivity contribution in [1.29, 1.82) is 0 Å². The maximum Gasteiger partial charge on any atom is 0.00202 e. The zero-order valence-electron chi connectivity index (χ0n) is 9.79. The van der Waals surface area contributed by atoms with Gasteiger partial charge in [0.05, 0.1) is 0 Å². The highest BCUT2D eigenvalue weighted by molar-refractivity contribution is 5.43. The first kappa shape index (κ1) is 13.4. The summed E-state index contributed by atoms with van der Waals surface area (Å²) in [5.41, 5.74) is 3.33. The van der Waals surface area contributed by atoms with Crippen LogP contribution in [0.25, 0.3) is 0 Å². The Morgan fingerprint density at radius 3 is 2.00 bits per heavy atom. The molecule has 0 amide bonds. The SMILES string of the molecule is C=C/C=C(/C=C)C(=C)C(C)/C(C)=C\C=C. The molecule has 0 spiro atoms. The lowest BCUT2D eigenvalue weighted by molar-refractivity contribution is 0.818. The van der Waals surface area contributed by atoms with Gasteiger partial charge in [-0.1, -0.05) is 69.2 Å². The lowest BCUT2D eigenvalue weighted by atomic mass is 9.89. The summed E-state index contributed by atoms with van der Waals surface area (Å²) in [7, 11) is 0. The van der Waals surface area contributed by atoms with Crippen molar-refractivity contribution in [3.8, 4) is 0 Å². The second-order valence-electron chi connectivity index (χ2n) is 3.46. The van der Waals surface area contributed by atoms with E-state index in [1.54, 1.807) is 12.2 Å². The molecule has 0 bridgehead atoms. The van der Waals surface area contributed by atoms with Crippen molar-refractivity contribution in [2.75, 3.05) is 0 Å². The first-order chi connectivity index (χ1) is 7.08. The zero-order chi connectivity index (χ0) is 11.8. The van der Waals surface area contributed by atoms with Crippen LogP contribution < -0.4 is 0 Å². The average molecular weight is 200 g/mol. The van der Waals surface area contributed by atoms with Gasteiger partial charge in [-0.2, -0.15) is 0 Å². The van der Waals surface area contributed by atoms with Gasteiger partial charge < -0.3 is 0 Å². The van der Waals surface area contributed by atoms with E-state index in [2.05, 4.69) is 40.2 Å². The molecule has 0 aliphatic heterocycles. The Morgan fingerprint density at radius 1 is 1.07 bits per heavy atom. The molecule has 0 heteroatoms. The maximum absolute atomic E-state index is 4.09. The molecule has 80 valence electrons. The fraction of sp³-hybridized carbons (Fsp3) is 0.200. The van der Waals surface area contributed by atoms with Crippen LogP contribution in [0.2, 0.25) is 0 Å². The van der Waals surface area contributed by atoms with Gasteiger partial charge in [-0.25, -0.2) is 0 Å². The summed E-state index contributed by atoms with van der Waals surface area (Å²) in [6.45, 7) is 19.4.